The van der Waals surface area contributed by atoms with Crippen molar-refractivity contribution in [3.05, 3.63) is 196 Å². The Balaban J connectivity index is 0.000000161. The molecule has 0 bridgehead atoms. The summed E-state index contributed by atoms with van der Waals surface area (Å²) in [6, 6.07) is 38.6. The van der Waals surface area contributed by atoms with Gasteiger partial charge in [0.1, 0.15) is 0 Å². The summed E-state index contributed by atoms with van der Waals surface area (Å²) in [5.74, 6) is 0. The van der Waals surface area contributed by atoms with Crippen LogP contribution in [0.25, 0.3) is 129 Å². The van der Waals surface area contributed by atoms with Gasteiger partial charge >= 0.3 is 145 Å². The van der Waals surface area contributed by atoms with Gasteiger partial charge in [-0.2, -0.15) is 10.5 Å². The number of nitrogens with zero attached hydrogens (tertiary/aromatic N) is 10. The van der Waals surface area contributed by atoms with Crippen molar-refractivity contribution in [3.63, 3.8) is 0 Å². The fraction of sp³-hybridized carbons (Fsp3) is 0.0645. The molecular weight excluding hydrogens is 1460 g/mol. The van der Waals surface area contributed by atoms with Crippen LogP contribution in [0, 0.1) is 22.7 Å². The van der Waals surface area contributed by atoms with Gasteiger partial charge in [-0.15, -0.1) is 18.3 Å². The third-order valence-electron chi connectivity index (χ3n) is 14.0. The predicted octanol–water partition coefficient (Wildman–Crippen LogP) is 25.3. The summed E-state index contributed by atoms with van der Waals surface area (Å²) < 4.78 is 246. The van der Waals surface area contributed by atoms with Crippen LogP contribution < -0.4 is 18.3 Å². The number of nitriles is 2. The Labute approximate surface area is 543 Å². The first-order valence-electron chi connectivity index (χ1n) is 27.8. The van der Waals surface area contributed by atoms with E-state index in [-0.39, 0.29) is 0 Å². The molecule has 0 spiro atoms. The fourth-order valence-electron chi connectivity index (χ4n) is 11.2. The molecule has 0 unspecified atom stereocenters. The number of hydrogen-bond donors (Lipinski definition) is 0. The van der Waals surface area contributed by atoms with Crippen molar-refractivity contribution in [2.24, 2.45) is 0 Å². The van der Waals surface area contributed by atoms with Crippen LogP contribution in [0.4, 0.5) is 101 Å². The summed E-state index contributed by atoms with van der Waals surface area (Å²) in [4.78, 5) is 17.6. The molecule has 38 heteroatoms. The molecule has 0 amide bonds. The third kappa shape index (κ3) is 22.1. The van der Waals surface area contributed by atoms with Gasteiger partial charge in [-0.25, -0.2) is 0 Å². The van der Waals surface area contributed by atoms with E-state index >= 15 is 0 Å². The molecule has 0 atom stereocenters. The quantitative estimate of drug-likeness (QED) is 0.0750. The summed E-state index contributed by atoms with van der Waals surface area (Å²) in [5.41, 5.74) is 0. The third-order valence-corrected chi connectivity index (χ3v) is 14.0. The summed E-state index contributed by atoms with van der Waals surface area (Å²) in [7, 11) is -42.6. The van der Waals surface area contributed by atoms with Crippen molar-refractivity contribution in [3.8, 4) is 12.1 Å². The monoisotopic (exact) mass is 1510 g/mol. The standard InChI is InChI=1S/2C29H18N4.2C2H3N.4F6P/c2*1-5-22-13-32(14-23-6-2-19-10-30-9-18(1)26(19)28(22)23)17-33-15-24-7-3-20-11-31-12-21-4-8-25(16-33)29(24)27(20)21;2*1-2-3;4*1-7(2,3,4,5)6/h2*1-16H,17H2;2*1H3;;;;/q2*+2;;;4*-1. The number of pyridine rings is 8. The summed E-state index contributed by atoms with van der Waals surface area (Å²) >= 11 is 0. The minimum Gasteiger partial charge on any atom is -0.263 e. The molecule has 0 N–H and O–H groups in total. The maximum atomic E-state index is 9.87. The largest absolute Gasteiger partial charge is 0.343 e. The second-order valence-electron chi connectivity index (χ2n) is 22.2. The number of rotatable bonds is 4. The SMILES string of the molecule is CC#N.CC#N.F[P-](F)(F)(F)(F)F.F[P-](F)(F)(F)(F)F.F[P-](F)(F)(F)(F)F.F[P-](F)(F)(F)(F)F.c1cc2c[n+](C[n+]3cc4ccc5cncc6ccc(c3)c4c56)cc3ccc4cncc1c4c23.c1cc2c[n+](C[n+]3cc4ccc5cncc6ccc(c3)c4c56)cc3ccc4cncc1c4c23. The second-order valence-corrected chi connectivity index (χ2v) is 29.9. The van der Waals surface area contributed by atoms with E-state index in [1.165, 1.54) is 143 Å². The van der Waals surface area contributed by atoms with E-state index in [1.807, 2.05) is 49.6 Å². The van der Waals surface area contributed by atoms with Gasteiger partial charge in [0.15, 0.2) is 49.6 Å². The summed E-state index contributed by atoms with van der Waals surface area (Å²) in [6.45, 7) is 4.35. The molecule has 0 aliphatic carbocycles. The van der Waals surface area contributed by atoms with Gasteiger partial charge in [0, 0.05) is 193 Å². The molecule has 0 saturated carbocycles. The number of halogens is 24. The van der Waals surface area contributed by atoms with E-state index in [0.717, 1.165) is 13.3 Å². The van der Waals surface area contributed by atoms with Crippen molar-refractivity contribution in [2.45, 2.75) is 27.2 Å². The van der Waals surface area contributed by atoms with Crippen LogP contribution in [0.3, 0.4) is 0 Å². The van der Waals surface area contributed by atoms with Gasteiger partial charge in [-0.1, -0.05) is 48.5 Å². The van der Waals surface area contributed by atoms with Crippen LogP contribution in [0.2, 0.25) is 0 Å². The van der Waals surface area contributed by atoms with Gasteiger partial charge in [0.2, 0.25) is 0 Å². The van der Waals surface area contributed by atoms with Crippen LogP contribution >= 0.6 is 31.2 Å². The molecule has 528 valence electrons. The zero-order chi connectivity index (χ0) is 74.1. The minimum atomic E-state index is -10.7. The first kappa shape index (κ1) is 74.4. The number of benzene rings is 8. The van der Waals surface area contributed by atoms with Crippen molar-refractivity contribution < 1.29 is 119 Å². The molecule has 10 nitrogen and oxygen atoms in total. The predicted molar refractivity (Wildman–Crippen MR) is 340 cm³/mol. The zero-order valence-electron chi connectivity index (χ0n) is 50.2. The Morgan fingerprint density at radius 3 is 0.430 bits per heavy atom. The maximum absolute atomic E-state index is 10.7. The normalized spacial score (nSPS) is 14.8. The van der Waals surface area contributed by atoms with E-state index in [4.69, 9.17) is 10.5 Å². The van der Waals surface area contributed by atoms with Crippen molar-refractivity contribution in [1.82, 2.24) is 19.9 Å². The first-order chi connectivity index (χ1) is 45.3. The van der Waals surface area contributed by atoms with Crippen molar-refractivity contribution in [2.75, 3.05) is 0 Å². The van der Waals surface area contributed by atoms with Crippen LogP contribution in [0.15, 0.2) is 196 Å². The van der Waals surface area contributed by atoms with E-state index in [2.05, 4.69) is 185 Å². The van der Waals surface area contributed by atoms with Crippen LogP contribution in [0.1, 0.15) is 13.8 Å². The fourth-order valence-corrected chi connectivity index (χ4v) is 11.2. The second kappa shape index (κ2) is 22.8. The zero-order valence-corrected chi connectivity index (χ0v) is 53.8. The Kier molecular flexibility index (Phi) is 17.0. The van der Waals surface area contributed by atoms with Gasteiger partial charge in [-0.05, 0) is 48.5 Å². The molecular formula is C62H42F24N10P4. The van der Waals surface area contributed by atoms with E-state index in [9.17, 15) is 101 Å². The molecule has 0 radical (unpaired) electrons. The first-order valence-corrected chi connectivity index (χ1v) is 35.9. The van der Waals surface area contributed by atoms with Crippen molar-refractivity contribution >= 4 is 161 Å². The number of aromatic nitrogens is 8. The van der Waals surface area contributed by atoms with E-state index in [1.54, 1.807) is 12.1 Å². The Morgan fingerprint density at radius 2 is 0.320 bits per heavy atom. The van der Waals surface area contributed by atoms with Gasteiger partial charge in [-0.3, -0.25) is 19.9 Å². The molecule has 0 saturated heterocycles. The Hall–Kier alpha value is -9.86. The Bertz CT molecular complexity index is 4900. The Morgan fingerprint density at radius 1 is 0.230 bits per heavy atom. The molecule has 16 rings (SSSR count). The van der Waals surface area contributed by atoms with Crippen LogP contribution in [-0.4, -0.2) is 19.9 Å². The molecule has 8 aromatic heterocycles. The topological polar surface area (TPSA) is 115 Å². The molecule has 8 aromatic carbocycles. The van der Waals surface area contributed by atoms with Crippen LogP contribution in [-0.2, 0) is 13.3 Å². The minimum absolute atomic E-state index is 0.746. The smallest absolute Gasteiger partial charge is 0.263 e. The average molecular weight is 1510 g/mol. The van der Waals surface area contributed by atoms with E-state index < -0.39 is 31.2 Å². The van der Waals surface area contributed by atoms with Gasteiger partial charge in [0.25, 0.3) is 0 Å². The molecule has 8 heterocycles. The van der Waals surface area contributed by atoms with Crippen LogP contribution in [0.5, 0.6) is 0 Å². The average Bonchev–Trinajstić information content (AvgIpc) is 0.748. The molecule has 0 aliphatic heterocycles. The van der Waals surface area contributed by atoms with Crippen molar-refractivity contribution in [1.29, 1.82) is 10.5 Å². The summed E-state index contributed by atoms with van der Waals surface area (Å²) in [5, 5.41) is 44.7. The molecule has 0 aliphatic rings. The van der Waals surface area contributed by atoms with Gasteiger partial charge < -0.3 is 0 Å². The maximum Gasteiger partial charge on any atom is 0.343 e. The molecule has 0 fully saturated rings. The number of hydrogen-bond acceptors (Lipinski definition) is 6. The van der Waals surface area contributed by atoms with Gasteiger partial charge in [0.05, 0.1) is 12.1 Å². The molecule has 100 heavy (non-hydrogen) atoms. The van der Waals surface area contributed by atoms with E-state index in [0.29, 0.717) is 0 Å². The summed E-state index contributed by atoms with van der Waals surface area (Å²) in [6.07, 6.45) is 33.7. The molecule has 16 aromatic rings.